The lowest BCUT2D eigenvalue weighted by Gasteiger charge is -2.18. The number of benzene rings is 1. The first-order valence-corrected chi connectivity index (χ1v) is 9.01. The van der Waals surface area contributed by atoms with E-state index in [9.17, 15) is 0 Å². The van der Waals surface area contributed by atoms with Crippen LogP contribution in [0.3, 0.4) is 0 Å². The predicted molar refractivity (Wildman–Crippen MR) is 98.6 cm³/mol. The van der Waals surface area contributed by atoms with Gasteiger partial charge in [-0.3, -0.25) is 4.90 Å². The molecular formula is C20H31N3. The van der Waals surface area contributed by atoms with Crippen LogP contribution in [0.1, 0.15) is 56.0 Å². The Morgan fingerprint density at radius 2 is 1.83 bits per heavy atom. The molecule has 0 radical (unpaired) electrons. The molecule has 0 bridgehead atoms. The molecule has 0 fully saturated rings. The summed E-state index contributed by atoms with van der Waals surface area (Å²) in [6, 6.07) is 5.79. The highest BCUT2D eigenvalue weighted by molar-refractivity contribution is 5.87. The van der Waals surface area contributed by atoms with E-state index in [-0.39, 0.29) is 0 Å². The summed E-state index contributed by atoms with van der Waals surface area (Å²) in [5.74, 6) is 0. The molecule has 3 heteroatoms. The largest absolute Gasteiger partial charge is 0.348 e. The van der Waals surface area contributed by atoms with Crippen LogP contribution in [0, 0.1) is 6.92 Å². The van der Waals surface area contributed by atoms with Crippen LogP contribution in [0.4, 0.5) is 0 Å². The van der Waals surface area contributed by atoms with E-state index in [4.69, 9.17) is 5.73 Å². The van der Waals surface area contributed by atoms with E-state index in [1.165, 1.54) is 33.3 Å². The van der Waals surface area contributed by atoms with Gasteiger partial charge in [-0.2, -0.15) is 0 Å². The van der Waals surface area contributed by atoms with Gasteiger partial charge in [0.25, 0.3) is 0 Å². The van der Waals surface area contributed by atoms with E-state index in [2.05, 4.69) is 56.3 Å². The number of nitrogens with two attached hydrogens (primary N) is 1. The van der Waals surface area contributed by atoms with Gasteiger partial charge in [0.2, 0.25) is 0 Å². The zero-order valence-corrected chi connectivity index (χ0v) is 15.3. The van der Waals surface area contributed by atoms with Crippen LogP contribution < -0.4 is 5.73 Å². The lowest BCUT2D eigenvalue weighted by Crippen LogP contribution is -2.24. The molecule has 1 aliphatic rings. The molecule has 2 aromatic rings. The fraction of sp³-hybridized carbons (Fsp3) is 0.600. The van der Waals surface area contributed by atoms with Crippen molar-refractivity contribution in [1.29, 1.82) is 0 Å². The van der Waals surface area contributed by atoms with E-state index in [1.54, 1.807) is 0 Å². The highest BCUT2D eigenvalue weighted by Crippen LogP contribution is 2.33. The Morgan fingerprint density at radius 3 is 2.43 bits per heavy atom. The highest BCUT2D eigenvalue weighted by Gasteiger charge is 2.23. The van der Waals surface area contributed by atoms with Gasteiger partial charge < -0.3 is 10.3 Å². The van der Waals surface area contributed by atoms with Gasteiger partial charge in [0, 0.05) is 48.8 Å². The van der Waals surface area contributed by atoms with Crippen LogP contribution in [-0.2, 0) is 26.6 Å². The first kappa shape index (κ1) is 16.5. The van der Waals surface area contributed by atoms with Crippen LogP contribution in [0.15, 0.2) is 12.1 Å². The summed E-state index contributed by atoms with van der Waals surface area (Å²) < 4.78 is 2.36. The van der Waals surface area contributed by atoms with Gasteiger partial charge in [0.15, 0.2) is 0 Å². The minimum Gasteiger partial charge on any atom is -0.348 e. The maximum Gasteiger partial charge on any atom is 0.0486 e. The third kappa shape index (κ3) is 2.92. The molecule has 126 valence electrons. The molecule has 3 nitrogen and oxygen atoms in total. The second kappa shape index (κ2) is 6.29. The monoisotopic (exact) mass is 313 g/mol. The summed E-state index contributed by atoms with van der Waals surface area (Å²) >= 11 is 0. The van der Waals surface area contributed by atoms with Crippen molar-refractivity contribution >= 4 is 10.9 Å². The number of hydrogen-bond donors (Lipinski definition) is 1. The number of aromatic nitrogens is 1. The molecule has 1 unspecified atom stereocenters. The average Bonchev–Trinajstić information content (AvgIpc) is 3.04. The van der Waals surface area contributed by atoms with E-state index >= 15 is 0 Å². The molecule has 1 atom stereocenters. The van der Waals surface area contributed by atoms with Crippen LogP contribution in [0.2, 0.25) is 0 Å². The van der Waals surface area contributed by atoms with E-state index in [0.717, 1.165) is 32.4 Å². The minimum atomic E-state index is 0.315. The Morgan fingerprint density at radius 1 is 1.17 bits per heavy atom. The molecule has 2 N–H and O–H groups in total. The van der Waals surface area contributed by atoms with Gasteiger partial charge in [0.1, 0.15) is 0 Å². The molecule has 2 heterocycles. The molecule has 1 aromatic heterocycles. The van der Waals surface area contributed by atoms with Crippen molar-refractivity contribution in [1.82, 2.24) is 9.47 Å². The van der Waals surface area contributed by atoms with Crippen molar-refractivity contribution in [2.24, 2.45) is 12.8 Å². The molecule has 23 heavy (non-hydrogen) atoms. The molecular weight excluding hydrogens is 282 g/mol. The molecule has 0 amide bonds. The molecule has 1 aliphatic heterocycles. The number of hydrogen-bond acceptors (Lipinski definition) is 2. The van der Waals surface area contributed by atoms with Crippen molar-refractivity contribution in [3.05, 3.63) is 34.5 Å². The fourth-order valence-corrected chi connectivity index (χ4v) is 3.78. The molecule has 3 rings (SSSR count). The van der Waals surface area contributed by atoms with Crippen molar-refractivity contribution < 1.29 is 0 Å². The smallest absolute Gasteiger partial charge is 0.0486 e. The highest BCUT2D eigenvalue weighted by atomic mass is 15.2. The Hall–Kier alpha value is -1.32. The van der Waals surface area contributed by atoms with Gasteiger partial charge >= 0.3 is 0 Å². The summed E-state index contributed by atoms with van der Waals surface area (Å²) in [7, 11) is 2.20. The Bertz CT molecular complexity index is 711. The zero-order valence-electron chi connectivity index (χ0n) is 15.3. The Kier molecular flexibility index (Phi) is 4.52. The van der Waals surface area contributed by atoms with Crippen LogP contribution in [0.5, 0.6) is 0 Å². The first-order chi connectivity index (χ1) is 10.9. The van der Waals surface area contributed by atoms with Gasteiger partial charge in [-0.1, -0.05) is 6.92 Å². The van der Waals surface area contributed by atoms with Crippen LogP contribution in [-0.4, -0.2) is 21.6 Å². The molecule has 0 saturated carbocycles. The lowest BCUT2D eigenvalue weighted by molar-refractivity contribution is 0.227. The van der Waals surface area contributed by atoms with Gasteiger partial charge in [-0.05, 0) is 68.9 Å². The van der Waals surface area contributed by atoms with Crippen molar-refractivity contribution in [3.63, 3.8) is 0 Å². The normalized spacial score (nSPS) is 16.5. The van der Waals surface area contributed by atoms with Gasteiger partial charge in [-0.15, -0.1) is 0 Å². The standard InChI is InChI=1S/C20H31N3/c1-6-17(21)7-8-18-14(4)22(5)20-10-16-12-23(13(2)3)11-15(16)9-19(18)20/h9-10,13,17H,6-8,11-12,21H2,1-5H3. The topological polar surface area (TPSA) is 34.2 Å². The maximum absolute atomic E-state index is 6.15. The minimum absolute atomic E-state index is 0.315. The predicted octanol–water partition coefficient (Wildman–Crippen LogP) is 3.88. The zero-order chi connectivity index (χ0) is 16.7. The second-order valence-electron chi connectivity index (χ2n) is 7.47. The SMILES string of the molecule is CCC(N)CCc1c(C)n(C)c2cc3c(cc12)CN(C(C)C)C3. The summed E-state index contributed by atoms with van der Waals surface area (Å²) in [6.45, 7) is 11.2. The number of aryl methyl sites for hydroxylation is 2. The average molecular weight is 313 g/mol. The Balaban J connectivity index is 1.99. The van der Waals surface area contributed by atoms with Crippen molar-refractivity contribution in [3.8, 4) is 0 Å². The summed E-state index contributed by atoms with van der Waals surface area (Å²) in [6.07, 6.45) is 3.22. The lowest BCUT2D eigenvalue weighted by atomic mass is 9.99. The molecule has 0 spiro atoms. The number of nitrogens with zero attached hydrogens (tertiary/aromatic N) is 2. The van der Waals surface area contributed by atoms with E-state index < -0.39 is 0 Å². The van der Waals surface area contributed by atoms with E-state index in [0.29, 0.717) is 12.1 Å². The van der Waals surface area contributed by atoms with Crippen molar-refractivity contribution in [2.45, 2.75) is 72.1 Å². The summed E-state index contributed by atoms with van der Waals surface area (Å²) in [5, 5.41) is 1.44. The van der Waals surface area contributed by atoms with Gasteiger partial charge in [-0.25, -0.2) is 0 Å². The third-order valence-electron chi connectivity index (χ3n) is 5.71. The first-order valence-electron chi connectivity index (χ1n) is 9.01. The van der Waals surface area contributed by atoms with Crippen LogP contribution >= 0.6 is 0 Å². The molecule has 0 saturated heterocycles. The summed E-state index contributed by atoms with van der Waals surface area (Å²) in [5.41, 5.74) is 13.4. The Labute approximate surface area is 140 Å². The quantitative estimate of drug-likeness (QED) is 0.909. The third-order valence-corrected chi connectivity index (χ3v) is 5.71. The fourth-order valence-electron chi connectivity index (χ4n) is 3.78. The number of rotatable bonds is 5. The molecule has 0 aliphatic carbocycles. The van der Waals surface area contributed by atoms with Crippen LogP contribution in [0.25, 0.3) is 10.9 Å². The summed E-state index contributed by atoms with van der Waals surface area (Å²) in [4.78, 5) is 2.54. The van der Waals surface area contributed by atoms with Gasteiger partial charge in [0.05, 0.1) is 0 Å². The van der Waals surface area contributed by atoms with E-state index in [1.807, 2.05) is 0 Å². The second-order valence-corrected chi connectivity index (χ2v) is 7.47. The molecule has 1 aromatic carbocycles. The number of fused-ring (bicyclic) bond motifs is 2. The van der Waals surface area contributed by atoms with Crippen molar-refractivity contribution in [2.75, 3.05) is 0 Å². The maximum atomic E-state index is 6.15.